The molecule has 2 rings (SSSR count). The van der Waals surface area contributed by atoms with Crippen molar-refractivity contribution in [2.75, 3.05) is 5.73 Å². The molecule has 0 saturated heterocycles. The Hall–Kier alpha value is -2.43. The third-order valence-corrected chi connectivity index (χ3v) is 2.27. The number of pyridine rings is 2. The van der Waals surface area contributed by atoms with E-state index in [4.69, 9.17) is 5.73 Å². The van der Waals surface area contributed by atoms with Crippen LogP contribution in [0.4, 0.5) is 5.69 Å². The molecule has 2 heterocycles. The molecule has 0 aliphatic rings. The van der Waals surface area contributed by atoms with Crippen LogP contribution in [0.2, 0.25) is 0 Å². The first-order valence-corrected chi connectivity index (χ1v) is 5.14. The second-order valence-electron chi connectivity index (χ2n) is 3.51. The normalized spacial score (nSPS) is 9.88. The standard InChI is InChI=1S/C12H12N4O/c13-11-8-15-5-3-10(11)12(17)16-7-9-2-1-4-14-6-9/h1-6,8H,7,13H2,(H,16,17). The third-order valence-electron chi connectivity index (χ3n) is 2.27. The molecule has 5 nitrogen and oxygen atoms in total. The Morgan fingerprint density at radius 1 is 1.24 bits per heavy atom. The lowest BCUT2D eigenvalue weighted by molar-refractivity contribution is 0.0951. The molecular weight excluding hydrogens is 216 g/mol. The molecule has 0 saturated carbocycles. The number of anilines is 1. The highest BCUT2D eigenvalue weighted by atomic mass is 16.1. The summed E-state index contributed by atoms with van der Waals surface area (Å²) in [6.45, 7) is 0.425. The summed E-state index contributed by atoms with van der Waals surface area (Å²) in [4.78, 5) is 19.6. The summed E-state index contributed by atoms with van der Waals surface area (Å²) in [7, 11) is 0. The summed E-state index contributed by atoms with van der Waals surface area (Å²) >= 11 is 0. The molecule has 1 amide bonds. The van der Waals surface area contributed by atoms with Crippen molar-refractivity contribution in [3.63, 3.8) is 0 Å². The highest BCUT2D eigenvalue weighted by molar-refractivity contribution is 5.98. The molecule has 2 aromatic rings. The molecule has 0 atom stereocenters. The van der Waals surface area contributed by atoms with Crippen LogP contribution in [0.3, 0.4) is 0 Å². The van der Waals surface area contributed by atoms with E-state index in [2.05, 4.69) is 15.3 Å². The maximum atomic E-state index is 11.8. The fourth-order valence-corrected chi connectivity index (χ4v) is 1.39. The van der Waals surface area contributed by atoms with Crippen molar-refractivity contribution in [2.24, 2.45) is 0 Å². The molecule has 5 heteroatoms. The van der Waals surface area contributed by atoms with E-state index in [1.165, 1.54) is 12.4 Å². The van der Waals surface area contributed by atoms with E-state index in [9.17, 15) is 4.79 Å². The number of nitrogens with two attached hydrogens (primary N) is 1. The highest BCUT2D eigenvalue weighted by Gasteiger charge is 2.08. The fraction of sp³-hybridized carbons (Fsp3) is 0.0833. The van der Waals surface area contributed by atoms with Crippen molar-refractivity contribution in [2.45, 2.75) is 6.54 Å². The molecule has 0 bridgehead atoms. The van der Waals surface area contributed by atoms with Crippen molar-refractivity contribution in [3.05, 3.63) is 54.1 Å². The van der Waals surface area contributed by atoms with Crippen LogP contribution >= 0.6 is 0 Å². The van der Waals surface area contributed by atoms with Gasteiger partial charge in [-0.3, -0.25) is 14.8 Å². The van der Waals surface area contributed by atoms with Gasteiger partial charge in [0.15, 0.2) is 0 Å². The number of hydrogen-bond acceptors (Lipinski definition) is 4. The zero-order chi connectivity index (χ0) is 12.1. The van der Waals surface area contributed by atoms with Crippen LogP contribution in [0.1, 0.15) is 15.9 Å². The molecule has 86 valence electrons. The topological polar surface area (TPSA) is 80.9 Å². The van der Waals surface area contributed by atoms with Gasteiger partial charge in [-0.15, -0.1) is 0 Å². The molecule has 0 aromatic carbocycles. The Kier molecular flexibility index (Phi) is 3.30. The zero-order valence-corrected chi connectivity index (χ0v) is 9.13. The molecule has 0 radical (unpaired) electrons. The van der Waals surface area contributed by atoms with Crippen molar-refractivity contribution in [3.8, 4) is 0 Å². The number of amides is 1. The number of carbonyl (C=O) groups is 1. The number of carbonyl (C=O) groups excluding carboxylic acids is 1. The summed E-state index contributed by atoms with van der Waals surface area (Å²) in [5.41, 5.74) is 7.40. The van der Waals surface area contributed by atoms with Crippen LogP contribution in [0.5, 0.6) is 0 Å². The van der Waals surface area contributed by atoms with Gasteiger partial charge in [0.1, 0.15) is 0 Å². The van der Waals surface area contributed by atoms with Gasteiger partial charge in [0, 0.05) is 25.1 Å². The average Bonchev–Trinajstić information content (AvgIpc) is 2.38. The molecule has 17 heavy (non-hydrogen) atoms. The number of hydrogen-bond donors (Lipinski definition) is 2. The molecule has 0 aliphatic carbocycles. The predicted octanol–water partition coefficient (Wildman–Crippen LogP) is 0.989. The van der Waals surface area contributed by atoms with Gasteiger partial charge in [-0.25, -0.2) is 0 Å². The average molecular weight is 228 g/mol. The summed E-state index contributed by atoms with van der Waals surface area (Å²) < 4.78 is 0. The van der Waals surface area contributed by atoms with Crippen molar-refractivity contribution in [1.82, 2.24) is 15.3 Å². The SMILES string of the molecule is Nc1cnccc1C(=O)NCc1cccnc1. The van der Waals surface area contributed by atoms with E-state index >= 15 is 0 Å². The van der Waals surface area contributed by atoms with E-state index in [0.29, 0.717) is 17.8 Å². The Labute approximate surface area is 98.7 Å². The van der Waals surface area contributed by atoms with Gasteiger partial charge in [-0.2, -0.15) is 0 Å². The van der Waals surface area contributed by atoms with Gasteiger partial charge in [0.2, 0.25) is 0 Å². The first-order chi connectivity index (χ1) is 8.27. The van der Waals surface area contributed by atoms with Crippen LogP contribution in [0.15, 0.2) is 43.0 Å². The maximum Gasteiger partial charge on any atom is 0.253 e. The van der Waals surface area contributed by atoms with E-state index in [-0.39, 0.29) is 5.91 Å². The molecule has 2 aromatic heterocycles. The molecule has 0 fully saturated rings. The lowest BCUT2D eigenvalue weighted by Crippen LogP contribution is -2.23. The van der Waals surface area contributed by atoms with Crippen molar-refractivity contribution < 1.29 is 4.79 Å². The first kappa shape index (κ1) is 11.1. The third kappa shape index (κ3) is 2.78. The van der Waals surface area contributed by atoms with E-state index in [1.54, 1.807) is 18.5 Å². The Balaban J connectivity index is 2.01. The smallest absolute Gasteiger partial charge is 0.253 e. The monoisotopic (exact) mass is 228 g/mol. The maximum absolute atomic E-state index is 11.8. The summed E-state index contributed by atoms with van der Waals surface area (Å²) in [5, 5.41) is 2.77. The second-order valence-corrected chi connectivity index (χ2v) is 3.51. The fourth-order valence-electron chi connectivity index (χ4n) is 1.39. The zero-order valence-electron chi connectivity index (χ0n) is 9.13. The molecule has 3 N–H and O–H groups in total. The van der Waals surface area contributed by atoms with Gasteiger partial charge in [-0.1, -0.05) is 6.07 Å². The predicted molar refractivity (Wildman–Crippen MR) is 64.1 cm³/mol. The van der Waals surface area contributed by atoms with Crippen molar-refractivity contribution in [1.29, 1.82) is 0 Å². The number of nitrogen functional groups attached to an aromatic ring is 1. The molecule has 0 spiro atoms. The number of nitrogens with one attached hydrogen (secondary N) is 1. The highest BCUT2D eigenvalue weighted by Crippen LogP contribution is 2.08. The summed E-state index contributed by atoms with van der Waals surface area (Å²) in [5.74, 6) is -0.214. The van der Waals surface area contributed by atoms with E-state index in [1.807, 2.05) is 12.1 Å². The second kappa shape index (κ2) is 5.07. The molecular formula is C12H12N4O. The quantitative estimate of drug-likeness (QED) is 0.820. The Bertz CT molecular complexity index is 513. The van der Waals surface area contributed by atoms with E-state index < -0.39 is 0 Å². The van der Waals surface area contributed by atoms with Crippen LogP contribution in [0, 0.1) is 0 Å². The van der Waals surface area contributed by atoms with Crippen molar-refractivity contribution >= 4 is 11.6 Å². The number of nitrogens with zero attached hydrogens (tertiary/aromatic N) is 2. The lowest BCUT2D eigenvalue weighted by Gasteiger charge is -2.06. The minimum absolute atomic E-state index is 0.214. The number of aromatic nitrogens is 2. The minimum Gasteiger partial charge on any atom is -0.397 e. The van der Waals surface area contributed by atoms with Gasteiger partial charge in [0.25, 0.3) is 5.91 Å². The van der Waals surface area contributed by atoms with Gasteiger partial charge < -0.3 is 11.1 Å². The van der Waals surface area contributed by atoms with Gasteiger partial charge >= 0.3 is 0 Å². The van der Waals surface area contributed by atoms with Crippen LogP contribution in [0.25, 0.3) is 0 Å². The van der Waals surface area contributed by atoms with E-state index in [0.717, 1.165) is 5.56 Å². The summed E-state index contributed by atoms with van der Waals surface area (Å²) in [6.07, 6.45) is 6.39. The van der Waals surface area contributed by atoms with Crippen LogP contribution in [-0.4, -0.2) is 15.9 Å². The first-order valence-electron chi connectivity index (χ1n) is 5.14. The Morgan fingerprint density at radius 2 is 2.06 bits per heavy atom. The summed E-state index contributed by atoms with van der Waals surface area (Å²) in [6, 6.07) is 5.30. The molecule has 0 aliphatic heterocycles. The molecule has 0 unspecified atom stereocenters. The van der Waals surface area contributed by atoms with Gasteiger partial charge in [0.05, 0.1) is 17.4 Å². The van der Waals surface area contributed by atoms with Crippen LogP contribution in [-0.2, 0) is 6.54 Å². The van der Waals surface area contributed by atoms with Crippen LogP contribution < -0.4 is 11.1 Å². The Morgan fingerprint density at radius 3 is 2.76 bits per heavy atom. The van der Waals surface area contributed by atoms with Gasteiger partial charge in [-0.05, 0) is 17.7 Å². The minimum atomic E-state index is -0.214. The lowest BCUT2D eigenvalue weighted by atomic mass is 10.2. The number of rotatable bonds is 3. The largest absolute Gasteiger partial charge is 0.397 e.